The highest BCUT2D eigenvalue weighted by Crippen LogP contribution is 2.74. The molecule has 192 valence electrons. The third-order valence-electron chi connectivity index (χ3n) is 11.4. The Labute approximate surface area is 206 Å². The Morgan fingerprint density at radius 3 is 2.35 bits per heavy atom. The van der Waals surface area contributed by atoms with E-state index in [9.17, 15) is 20.1 Å². The van der Waals surface area contributed by atoms with E-state index < -0.39 is 28.6 Å². The summed E-state index contributed by atoms with van der Waals surface area (Å²) in [6.45, 7) is 14.9. The molecule has 0 aromatic heterocycles. The number of hydrogen-bond donors (Lipinski definition) is 3. The number of carbonyl (C=O) groups is 1. The molecule has 34 heavy (non-hydrogen) atoms. The van der Waals surface area contributed by atoms with Crippen molar-refractivity contribution in [1.82, 2.24) is 0 Å². The summed E-state index contributed by atoms with van der Waals surface area (Å²) < 4.78 is 0. The first-order chi connectivity index (χ1) is 15.6. The molecule has 0 spiro atoms. The Hall–Kier alpha value is -0.970. The van der Waals surface area contributed by atoms with E-state index in [0.717, 1.165) is 44.1 Å². The van der Waals surface area contributed by atoms with Crippen LogP contribution in [0.15, 0.2) is 23.8 Å². The van der Waals surface area contributed by atoms with Crippen molar-refractivity contribution in [3.05, 3.63) is 23.8 Å². The van der Waals surface area contributed by atoms with Gasteiger partial charge in [0.05, 0.1) is 17.8 Å². The Kier molecular flexibility index (Phi) is 6.36. The summed E-state index contributed by atoms with van der Waals surface area (Å²) in [5, 5.41) is 32.5. The fourth-order valence-electron chi connectivity index (χ4n) is 9.29. The van der Waals surface area contributed by atoms with Gasteiger partial charge in [0.1, 0.15) is 6.29 Å². The Morgan fingerprint density at radius 1 is 1.06 bits per heavy atom. The predicted molar refractivity (Wildman–Crippen MR) is 136 cm³/mol. The molecule has 0 heterocycles. The van der Waals surface area contributed by atoms with Crippen LogP contribution in [-0.4, -0.2) is 39.4 Å². The van der Waals surface area contributed by atoms with Crippen molar-refractivity contribution in [3.63, 3.8) is 0 Å². The largest absolute Gasteiger partial charge is 0.392 e. The van der Waals surface area contributed by atoms with Crippen molar-refractivity contribution in [2.24, 2.45) is 45.3 Å². The van der Waals surface area contributed by atoms with Gasteiger partial charge in [-0.25, -0.2) is 0 Å². The molecule has 4 nitrogen and oxygen atoms in total. The van der Waals surface area contributed by atoms with Gasteiger partial charge in [0, 0.05) is 16.7 Å². The topological polar surface area (TPSA) is 77.8 Å². The molecule has 2 unspecified atom stereocenters. The monoisotopic (exact) mass is 472 g/mol. The SMILES string of the molecule is C[C@H](C/C=C/C(C)(C)O)[C@H]1CC[C@@]2(C)C3[C@@H](O)C=C4C(CC[C@H](O)C4(C)C)[C@]3(C=O)CC[C@]12C. The zero-order valence-electron chi connectivity index (χ0n) is 22.5. The maximum Gasteiger partial charge on any atom is 0.127 e. The minimum atomic E-state index is -0.792. The highest BCUT2D eigenvalue weighted by atomic mass is 16.3. The van der Waals surface area contributed by atoms with Crippen LogP contribution >= 0.6 is 0 Å². The molecule has 9 atom stereocenters. The smallest absolute Gasteiger partial charge is 0.127 e. The van der Waals surface area contributed by atoms with E-state index in [-0.39, 0.29) is 22.7 Å². The molecule has 3 N–H and O–H groups in total. The van der Waals surface area contributed by atoms with Gasteiger partial charge in [-0.2, -0.15) is 0 Å². The summed E-state index contributed by atoms with van der Waals surface area (Å²) in [5.41, 5.74) is -0.705. The van der Waals surface area contributed by atoms with E-state index in [1.165, 1.54) is 6.29 Å². The molecule has 0 aliphatic heterocycles. The first-order valence-corrected chi connectivity index (χ1v) is 13.6. The van der Waals surface area contributed by atoms with Crippen LogP contribution in [0.1, 0.15) is 93.4 Å². The molecule has 4 aliphatic carbocycles. The van der Waals surface area contributed by atoms with E-state index in [1.807, 2.05) is 12.2 Å². The number of allylic oxidation sites excluding steroid dienone is 1. The van der Waals surface area contributed by atoms with Gasteiger partial charge < -0.3 is 20.1 Å². The van der Waals surface area contributed by atoms with Crippen LogP contribution in [-0.2, 0) is 4.79 Å². The van der Waals surface area contributed by atoms with Gasteiger partial charge in [0.15, 0.2) is 0 Å². The van der Waals surface area contributed by atoms with Gasteiger partial charge >= 0.3 is 0 Å². The molecular formula is C30H48O4. The van der Waals surface area contributed by atoms with Crippen LogP contribution in [0.2, 0.25) is 0 Å². The number of rotatable bonds is 5. The van der Waals surface area contributed by atoms with E-state index in [1.54, 1.807) is 13.8 Å². The predicted octanol–water partition coefficient (Wildman–Crippen LogP) is 5.46. The molecule has 0 saturated heterocycles. The van der Waals surface area contributed by atoms with Crippen molar-refractivity contribution in [2.45, 2.75) is 111 Å². The van der Waals surface area contributed by atoms with Crippen molar-refractivity contribution < 1.29 is 20.1 Å². The van der Waals surface area contributed by atoms with Crippen LogP contribution in [0, 0.1) is 45.3 Å². The number of fused-ring (bicyclic) bond motifs is 5. The number of aliphatic hydroxyl groups is 3. The lowest BCUT2D eigenvalue weighted by Gasteiger charge is -2.66. The van der Waals surface area contributed by atoms with Gasteiger partial charge in [-0.05, 0) is 87.4 Å². The van der Waals surface area contributed by atoms with Gasteiger partial charge in [-0.15, -0.1) is 0 Å². The van der Waals surface area contributed by atoms with Crippen molar-refractivity contribution in [2.75, 3.05) is 0 Å². The van der Waals surface area contributed by atoms with Crippen molar-refractivity contribution in [3.8, 4) is 0 Å². The van der Waals surface area contributed by atoms with Crippen LogP contribution in [0.4, 0.5) is 0 Å². The standard InChI is InChI=1S/C30H48O4/c1-19(9-8-13-26(2,3)34)20-12-14-29(7)25-23(32)17-22-21(10-11-24(33)27(22,4)5)30(25,18-31)16-15-28(20,29)6/h8,13,17-21,23-25,32-34H,9-12,14-16H2,1-7H3/b13-8+/t19-,20-,21?,23+,24+,25?,28-,29+,30-/m1/s1. The second-order valence-corrected chi connectivity index (χ2v) is 13.9. The number of carbonyl (C=O) groups excluding carboxylic acids is 1. The average Bonchev–Trinajstić information content (AvgIpc) is 3.01. The third-order valence-corrected chi connectivity index (χ3v) is 11.4. The Morgan fingerprint density at radius 2 is 1.74 bits per heavy atom. The van der Waals surface area contributed by atoms with Crippen molar-refractivity contribution in [1.29, 1.82) is 0 Å². The average molecular weight is 473 g/mol. The van der Waals surface area contributed by atoms with Crippen LogP contribution in [0.5, 0.6) is 0 Å². The maximum absolute atomic E-state index is 13.1. The molecule has 4 rings (SSSR count). The molecule has 0 aromatic rings. The molecule has 0 amide bonds. The lowest BCUT2D eigenvalue weighted by atomic mass is 9.38. The Bertz CT molecular complexity index is 866. The summed E-state index contributed by atoms with van der Waals surface area (Å²) in [7, 11) is 0. The summed E-state index contributed by atoms with van der Waals surface area (Å²) >= 11 is 0. The highest BCUT2D eigenvalue weighted by Gasteiger charge is 2.70. The van der Waals surface area contributed by atoms with Gasteiger partial charge in [-0.1, -0.05) is 58.4 Å². The molecule has 0 bridgehead atoms. The molecule has 0 radical (unpaired) electrons. The summed E-state index contributed by atoms with van der Waals surface area (Å²) in [5.74, 6) is 1.03. The summed E-state index contributed by atoms with van der Waals surface area (Å²) in [6, 6.07) is 0. The first-order valence-electron chi connectivity index (χ1n) is 13.6. The minimum Gasteiger partial charge on any atom is -0.392 e. The van der Waals surface area contributed by atoms with E-state index in [4.69, 9.17) is 0 Å². The second kappa shape index (κ2) is 8.28. The number of aliphatic hydroxyl groups excluding tert-OH is 2. The number of hydrogen-bond acceptors (Lipinski definition) is 4. The first kappa shape index (κ1) is 26.1. The van der Waals surface area contributed by atoms with E-state index >= 15 is 0 Å². The lowest BCUT2D eigenvalue weighted by Crippen LogP contribution is -2.64. The zero-order chi connectivity index (χ0) is 25.3. The van der Waals surface area contributed by atoms with Gasteiger partial charge in [0.2, 0.25) is 0 Å². The molecule has 4 aliphatic rings. The van der Waals surface area contributed by atoms with E-state index in [2.05, 4.69) is 40.7 Å². The van der Waals surface area contributed by atoms with E-state index in [0.29, 0.717) is 18.3 Å². The summed E-state index contributed by atoms with van der Waals surface area (Å²) in [4.78, 5) is 13.1. The summed E-state index contributed by atoms with van der Waals surface area (Å²) in [6.07, 6.45) is 12.7. The molecule has 3 saturated carbocycles. The van der Waals surface area contributed by atoms with Crippen LogP contribution in [0.3, 0.4) is 0 Å². The zero-order valence-corrected chi connectivity index (χ0v) is 22.5. The molecular weight excluding hydrogens is 424 g/mol. The molecule has 4 heteroatoms. The fraction of sp³-hybridized carbons (Fsp3) is 0.833. The quantitative estimate of drug-likeness (QED) is 0.367. The minimum absolute atomic E-state index is 0.0577. The van der Waals surface area contributed by atoms with Gasteiger partial charge in [0.25, 0.3) is 0 Å². The lowest BCUT2D eigenvalue weighted by molar-refractivity contribution is -0.182. The maximum atomic E-state index is 13.1. The molecule has 3 fully saturated rings. The fourth-order valence-corrected chi connectivity index (χ4v) is 9.29. The van der Waals surface area contributed by atoms with Gasteiger partial charge in [-0.3, -0.25) is 0 Å². The third kappa shape index (κ3) is 3.61. The number of aldehydes is 1. The molecule has 0 aromatic carbocycles. The van der Waals surface area contributed by atoms with Crippen molar-refractivity contribution >= 4 is 6.29 Å². The highest BCUT2D eigenvalue weighted by molar-refractivity contribution is 5.65. The normalized spacial score (nSPS) is 46.9. The van der Waals surface area contributed by atoms with Crippen LogP contribution in [0.25, 0.3) is 0 Å². The Balaban J connectivity index is 1.70. The van der Waals surface area contributed by atoms with Crippen LogP contribution < -0.4 is 0 Å². The second-order valence-electron chi connectivity index (χ2n) is 13.9.